The third-order valence-electron chi connectivity index (χ3n) is 4.96. The minimum absolute atomic E-state index is 0.334. The Bertz CT molecular complexity index is 867. The van der Waals surface area contributed by atoms with Crippen molar-refractivity contribution in [2.45, 2.75) is 37.4 Å². The highest BCUT2D eigenvalue weighted by atomic mass is 35.5. The van der Waals surface area contributed by atoms with Gasteiger partial charge in [-0.1, -0.05) is 36.6 Å². The van der Waals surface area contributed by atoms with Crippen molar-refractivity contribution in [2.24, 2.45) is 0 Å². The highest BCUT2D eigenvalue weighted by Gasteiger charge is 2.38. The monoisotopic (exact) mass is 428 g/mol. The van der Waals surface area contributed by atoms with Gasteiger partial charge in [0, 0.05) is 5.69 Å². The van der Waals surface area contributed by atoms with E-state index in [0.717, 1.165) is 18.9 Å². The van der Waals surface area contributed by atoms with Crippen LogP contribution in [0.3, 0.4) is 0 Å². The highest BCUT2D eigenvalue weighted by Crippen LogP contribution is 2.41. The van der Waals surface area contributed by atoms with Gasteiger partial charge in [-0.25, -0.2) is 0 Å². The van der Waals surface area contributed by atoms with Gasteiger partial charge in [-0.05, 0) is 61.0 Å². The molecule has 0 amide bonds. The molecular weight excluding hydrogens is 409 g/mol. The molecule has 0 spiro atoms. The third-order valence-corrected chi connectivity index (χ3v) is 5.46. The Balaban J connectivity index is 1.81. The van der Waals surface area contributed by atoms with Crippen LogP contribution in [0.5, 0.6) is 5.75 Å². The summed E-state index contributed by atoms with van der Waals surface area (Å²) in [7, 11) is 1.53. The van der Waals surface area contributed by atoms with E-state index in [9.17, 15) is 13.2 Å². The van der Waals surface area contributed by atoms with Crippen molar-refractivity contribution in [1.29, 1.82) is 0 Å². The Morgan fingerprint density at radius 3 is 2.46 bits per heavy atom. The first kappa shape index (κ1) is 20.7. The molecular formula is C20H20ClF3N2OS. The van der Waals surface area contributed by atoms with Gasteiger partial charge in [-0.2, -0.15) is 13.2 Å². The fourth-order valence-corrected chi connectivity index (χ4v) is 4.15. The van der Waals surface area contributed by atoms with Crippen molar-refractivity contribution in [3.8, 4) is 5.75 Å². The maximum atomic E-state index is 13.1. The van der Waals surface area contributed by atoms with Gasteiger partial charge < -0.3 is 15.4 Å². The second-order valence-electron chi connectivity index (χ2n) is 6.80. The molecule has 2 aromatic rings. The second kappa shape index (κ2) is 8.17. The van der Waals surface area contributed by atoms with Crippen LogP contribution in [-0.2, 0) is 11.7 Å². The van der Waals surface area contributed by atoms with Crippen LogP contribution in [0.4, 0.5) is 18.9 Å². The van der Waals surface area contributed by atoms with Crippen LogP contribution in [0, 0.1) is 0 Å². The van der Waals surface area contributed by atoms with Crippen molar-refractivity contribution >= 4 is 34.6 Å². The Morgan fingerprint density at radius 2 is 1.86 bits per heavy atom. The number of nitrogens with one attached hydrogen (secondary N) is 2. The molecule has 2 aromatic carbocycles. The first-order valence-corrected chi connectivity index (χ1v) is 9.63. The minimum Gasteiger partial charge on any atom is -0.495 e. The lowest BCUT2D eigenvalue weighted by molar-refractivity contribution is -0.137. The van der Waals surface area contributed by atoms with Crippen LogP contribution in [0.2, 0.25) is 5.02 Å². The van der Waals surface area contributed by atoms with Gasteiger partial charge >= 0.3 is 6.18 Å². The molecule has 28 heavy (non-hydrogen) atoms. The molecule has 0 aliphatic heterocycles. The fourth-order valence-electron chi connectivity index (χ4n) is 3.58. The SMILES string of the molecule is COc1ccc(NC(=S)NC2(c3cccc(C(F)(F)F)c3)CCCC2)cc1Cl. The molecule has 0 aromatic heterocycles. The minimum atomic E-state index is -4.38. The topological polar surface area (TPSA) is 33.3 Å². The Hall–Kier alpha value is -1.99. The number of alkyl halides is 3. The largest absolute Gasteiger partial charge is 0.495 e. The van der Waals surface area contributed by atoms with Crippen LogP contribution in [0.1, 0.15) is 36.8 Å². The average Bonchev–Trinajstić information content (AvgIpc) is 3.11. The van der Waals surface area contributed by atoms with Crippen molar-refractivity contribution in [2.75, 3.05) is 12.4 Å². The quantitative estimate of drug-likeness (QED) is 0.574. The summed E-state index contributed by atoms with van der Waals surface area (Å²) >= 11 is 11.6. The third kappa shape index (κ3) is 4.52. The van der Waals surface area contributed by atoms with E-state index < -0.39 is 17.3 Å². The lowest BCUT2D eigenvalue weighted by Crippen LogP contribution is -2.45. The zero-order chi connectivity index (χ0) is 20.4. The fraction of sp³-hybridized carbons (Fsp3) is 0.350. The molecule has 2 N–H and O–H groups in total. The van der Waals surface area contributed by atoms with Gasteiger partial charge in [-0.15, -0.1) is 0 Å². The van der Waals surface area contributed by atoms with E-state index in [1.165, 1.54) is 19.2 Å². The Morgan fingerprint density at radius 1 is 1.14 bits per heavy atom. The molecule has 150 valence electrons. The molecule has 3 rings (SSSR count). The summed E-state index contributed by atoms with van der Waals surface area (Å²) in [6, 6.07) is 10.6. The number of halogens is 4. The van der Waals surface area contributed by atoms with E-state index in [1.807, 2.05) is 0 Å². The molecule has 1 aliphatic rings. The van der Waals surface area contributed by atoms with Gasteiger partial charge in [-0.3, -0.25) is 0 Å². The summed E-state index contributed by atoms with van der Waals surface area (Å²) in [5.41, 5.74) is -0.0159. The second-order valence-corrected chi connectivity index (χ2v) is 7.61. The smallest absolute Gasteiger partial charge is 0.416 e. The maximum Gasteiger partial charge on any atom is 0.416 e. The van der Waals surface area contributed by atoms with Gasteiger partial charge in [0.1, 0.15) is 5.75 Å². The number of ether oxygens (including phenoxy) is 1. The standard InChI is InChI=1S/C20H20ClF3N2OS/c1-27-17-8-7-15(12-16(17)21)25-18(28)26-19(9-2-3-10-19)13-5-4-6-14(11-13)20(22,23)24/h4-8,11-12H,2-3,9-10H2,1H3,(H2,25,26,28). The molecule has 1 aliphatic carbocycles. The zero-order valence-corrected chi connectivity index (χ0v) is 16.8. The van der Waals surface area contributed by atoms with Crippen molar-refractivity contribution in [1.82, 2.24) is 5.32 Å². The molecule has 1 fully saturated rings. The molecule has 8 heteroatoms. The average molecular weight is 429 g/mol. The zero-order valence-electron chi connectivity index (χ0n) is 15.2. The maximum absolute atomic E-state index is 13.1. The van der Waals surface area contributed by atoms with E-state index in [0.29, 0.717) is 40.0 Å². The van der Waals surface area contributed by atoms with Crippen LogP contribution >= 0.6 is 23.8 Å². The van der Waals surface area contributed by atoms with Crippen molar-refractivity contribution in [3.63, 3.8) is 0 Å². The first-order valence-electron chi connectivity index (χ1n) is 8.84. The molecule has 1 saturated carbocycles. The lowest BCUT2D eigenvalue weighted by Gasteiger charge is -2.33. The molecule has 0 atom stereocenters. The van der Waals surface area contributed by atoms with Crippen LogP contribution in [0.15, 0.2) is 42.5 Å². The number of thiocarbonyl (C=S) groups is 1. The van der Waals surface area contributed by atoms with Crippen molar-refractivity contribution < 1.29 is 17.9 Å². The Labute approximate surface area is 172 Å². The summed E-state index contributed by atoms with van der Waals surface area (Å²) in [6.07, 6.45) is -1.13. The van der Waals surface area contributed by atoms with Crippen LogP contribution in [-0.4, -0.2) is 12.2 Å². The molecule has 0 saturated heterocycles. The number of benzene rings is 2. The molecule has 0 unspecified atom stereocenters. The predicted octanol–water partition coefficient (Wildman–Crippen LogP) is 6.12. The van der Waals surface area contributed by atoms with E-state index in [-0.39, 0.29) is 0 Å². The lowest BCUT2D eigenvalue weighted by atomic mass is 9.87. The molecule has 0 bridgehead atoms. The number of rotatable bonds is 4. The normalized spacial score (nSPS) is 15.9. The molecule has 0 heterocycles. The summed E-state index contributed by atoms with van der Waals surface area (Å²) < 4.78 is 44.6. The predicted molar refractivity (Wildman–Crippen MR) is 109 cm³/mol. The highest BCUT2D eigenvalue weighted by molar-refractivity contribution is 7.80. The number of hydrogen-bond donors (Lipinski definition) is 2. The number of anilines is 1. The summed E-state index contributed by atoms with van der Waals surface area (Å²) in [5.74, 6) is 0.544. The molecule has 0 radical (unpaired) electrons. The number of methoxy groups -OCH3 is 1. The van der Waals surface area contributed by atoms with E-state index in [1.54, 1.807) is 24.3 Å². The van der Waals surface area contributed by atoms with Gasteiger partial charge in [0.05, 0.1) is 23.2 Å². The number of hydrogen-bond acceptors (Lipinski definition) is 2. The van der Waals surface area contributed by atoms with E-state index in [4.69, 9.17) is 28.6 Å². The van der Waals surface area contributed by atoms with Gasteiger partial charge in [0.15, 0.2) is 5.11 Å². The summed E-state index contributed by atoms with van der Waals surface area (Å²) in [4.78, 5) is 0. The van der Waals surface area contributed by atoms with Gasteiger partial charge in [0.25, 0.3) is 0 Å². The summed E-state index contributed by atoms with van der Waals surface area (Å²) in [6.45, 7) is 0. The van der Waals surface area contributed by atoms with E-state index in [2.05, 4.69) is 10.6 Å². The van der Waals surface area contributed by atoms with E-state index >= 15 is 0 Å². The Kier molecular flexibility index (Phi) is 6.05. The van der Waals surface area contributed by atoms with Gasteiger partial charge in [0.2, 0.25) is 0 Å². The summed E-state index contributed by atoms with van der Waals surface area (Å²) in [5, 5.41) is 7.09. The van der Waals surface area contributed by atoms with Crippen molar-refractivity contribution in [3.05, 3.63) is 58.6 Å². The van der Waals surface area contributed by atoms with Crippen LogP contribution in [0.25, 0.3) is 0 Å². The first-order chi connectivity index (χ1) is 13.2. The molecule has 3 nitrogen and oxygen atoms in total. The van der Waals surface area contributed by atoms with Crippen LogP contribution < -0.4 is 15.4 Å².